The van der Waals surface area contributed by atoms with Crippen LogP contribution in [0.1, 0.15) is 35.2 Å². The van der Waals surface area contributed by atoms with Crippen LogP contribution >= 0.6 is 11.6 Å². The largest absolute Gasteiger partial charge is 0.352 e. The van der Waals surface area contributed by atoms with E-state index in [1.807, 2.05) is 48.8 Å². The summed E-state index contributed by atoms with van der Waals surface area (Å²) in [5.74, 6) is 0.646. The van der Waals surface area contributed by atoms with Crippen LogP contribution in [-0.2, 0) is 6.54 Å². The van der Waals surface area contributed by atoms with Gasteiger partial charge < -0.3 is 9.88 Å². The van der Waals surface area contributed by atoms with Crippen molar-refractivity contribution >= 4 is 28.5 Å². The van der Waals surface area contributed by atoms with Gasteiger partial charge in [-0.25, -0.2) is 4.98 Å². The fourth-order valence-electron chi connectivity index (χ4n) is 3.15. The minimum atomic E-state index is -0.0129. The number of halogens is 1. The summed E-state index contributed by atoms with van der Waals surface area (Å²) < 4.78 is 2.08. The number of hydrogen-bond acceptors (Lipinski definition) is 2. The maximum atomic E-state index is 12.3. The zero-order chi connectivity index (χ0) is 17.2. The minimum Gasteiger partial charge on any atom is -0.352 e. The summed E-state index contributed by atoms with van der Waals surface area (Å²) in [6, 6.07) is 13.5. The highest BCUT2D eigenvalue weighted by molar-refractivity contribution is 6.30. The predicted molar refractivity (Wildman–Crippen MR) is 100.0 cm³/mol. The third-order valence-corrected chi connectivity index (χ3v) is 5.18. The lowest BCUT2D eigenvalue weighted by Crippen LogP contribution is -2.32. The summed E-state index contributed by atoms with van der Waals surface area (Å²) in [6.07, 6.45) is 5.57. The number of carbonyl (C=O) groups excluding carboxylic acids is 1. The van der Waals surface area contributed by atoms with Gasteiger partial charge in [0.15, 0.2) is 0 Å². The van der Waals surface area contributed by atoms with Crippen molar-refractivity contribution in [1.82, 2.24) is 14.9 Å². The highest BCUT2D eigenvalue weighted by Gasteiger charge is 2.18. The molecule has 0 spiro atoms. The Labute approximate surface area is 151 Å². The van der Waals surface area contributed by atoms with E-state index >= 15 is 0 Å². The summed E-state index contributed by atoms with van der Waals surface area (Å²) in [5.41, 5.74) is 3.69. The first kappa shape index (κ1) is 16.2. The van der Waals surface area contributed by atoms with Gasteiger partial charge in [-0.05, 0) is 54.7 Å². The number of amides is 1. The van der Waals surface area contributed by atoms with Gasteiger partial charge in [-0.15, -0.1) is 0 Å². The van der Waals surface area contributed by atoms with E-state index < -0.39 is 0 Å². The number of rotatable bonds is 5. The van der Waals surface area contributed by atoms with Crippen molar-refractivity contribution in [3.8, 4) is 0 Å². The molecule has 1 aliphatic rings. The van der Waals surface area contributed by atoms with Gasteiger partial charge in [0.2, 0.25) is 0 Å². The number of fused-ring (bicyclic) bond motifs is 1. The Hall–Kier alpha value is -2.33. The summed E-state index contributed by atoms with van der Waals surface area (Å²) in [6.45, 7) is 1.50. The topological polar surface area (TPSA) is 46.9 Å². The second-order valence-electron chi connectivity index (χ2n) is 6.71. The van der Waals surface area contributed by atoms with Gasteiger partial charge in [-0.3, -0.25) is 4.79 Å². The van der Waals surface area contributed by atoms with Gasteiger partial charge in [0.25, 0.3) is 5.91 Å². The molecule has 1 heterocycles. The van der Waals surface area contributed by atoms with Crippen molar-refractivity contribution in [3.05, 3.63) is 64.9 Å². The average Bonchev–Trinajstić information content (AvgIpc) is 2.97. The van der Waals surface area contributed by atoms with Crippen LogP contribution in [0, 0.1) is 5.92 Å². The Balaban J connectivity index is 1.49. The van der Waals surface area contributed by atoms with E-state index in [9.17, 15) is 4.79 Å². The molecule has 25 heavy (non-hydrogen) atoms. The first-order valence-electron chi connectivity index (χ1n) is 8.66. The third kappa shape index (κ3) is 3.54. The molecule has 4 nitrogen and oxygen atoms in total. The van der Waals surface area contributed by atoms with Gasteiger partial charge >= 0.3 is 0 Å². The quantitative estimate of drug-likeness (QED) is 0.744. The van der Waals surface area contributed by atoms with Crippen molar-refractivity contribution in [2.45, 2.75) is 25.8 Å². The molecule has 2 aromatic carbocycles. The molecule has 3 aromatic rings. The molecule has 1 aliphatic carbocycles. The molecule has 128 valence electrons. The van der Waals surface area contributed by atoms with E-state index in [0.717, 1.165) is 34.7 Å². The zero-order valence-corrected chi connectivity index (χ0v) is 14.7. The summed E-state index contributed by atoms with van der Waals surface area (Å²) in [4.78, 5) is 16.8. The van der Waals surface area contributed by atoms with Crippen LogP contribution in [0.4, 0.5) is 0 Å². The molecule has 1 saturated carbocycles. The fourth-order valence-corrected chi connectivity index (χ4v) is 3.28. The van der Waals surface area contributed by atoms with Crippen LogP contribution in [-0.4, -0.2) is 22.0 Å². The molecule has 0 unspecified atom stereocenters. The van der Waals surface area contributed by atoms with Crippen LogP contribution in [0.3, 0.4) is 0 Å². The standard InChI is InChI=1S/C20H20ClN3O/c21-17-7-4-15(5-8-17)12-24-13-23-18-10-16(6-9-19(18)24)20(25)22-11-14-2-1-3-14/h4-10,13-14H,1-3,11-12H2,(H,22,25). The lowest BCUT2D eigenvalue weighted by Gasteiger charge is -2.25. The van der Waals surface area contributed by atoms with E-state index in [1.54, 1.807) is 0 Å². The molecule has 1 aromatic heterocycles. The normalized spacial score (nSPS) is 14.4. The Kier molecular flexibility index (Phi) is 4.45. The lowest BCUT2D eigenvalue weighted by atomic mass is 9.85. The summed E-state index contributed by atoms with van der Waals surface area (Å²) in [7, 11) is 0. The van der Waals surface area contributed by atoms with Crippen LogP contribution in [0.5, 0.6) is 0 Å². The zero-order valence-electron chi connectivity index (χ0n) is 13.9. The molecule has 1 amide bonds. The monoisotopic (exact) mass is 353 g/mol. The van der Waals surface area contributed by atoms with Gasteiger partial charge in [-0.1, -0.05) is 30.2 Å². The van der Waals surface area contributed by atoms with E-state index in [1.165, 1.54) is 19.3 Å². The van der Waals surface area contributed by atoms with Crippen molar-refractivity contribution in [3.63, 3.8) is 0 Å². The number of nitrogens with zero attached hydrogens (tertiary/aromatic N) is 2. The van der Waals surface area contributed by atoms with E-state index in [0.29, 0.717) is 11.5 Å². The first-order valence-corrected chi connectivity index (χ1v) is 9.04. The molecule has 0 radical (unpaired) electrons. The van der Waals surface area contributed by atoms with Gasteiger partial charge in [0.1, 0.15) is 0 Å². The SMILES string of the molecule is O=C(NCC1CCC1)c1ccc2c(c1)ncn2Cc1ccc(Cl)cc1. The highest BCUT2D eigenvalue weighted by Crippen LogP contribution is 2.25. The van der Waals surface area contributed by atoms with Crippen LogP contribution < -0.4 is 5.32 Å². The number of nitrogens with one attached hydrogen (secondary N) is 1. The number of carbonyl (C=O) groups is 1. The Morgan fingerprint density at radius 3 is 2.72 bits per heavy atom. The molecule has 5 heteroatoms. The predicted octanol–water partition coefficient (Wildman–Crippen LogP) is 4.27. The molecule has 1 fully saturated rings. The Bertz CT molecular complexity index is 897. The van der Waals surface area contributed by atoms with Gasteiger partial charge in [0.05, 0.1) is 17.4 Å². The average molecular weight is 354 g/mol. The number of imidazole rings is 1. The van der Waals surface area contributed by atoms with Gasteiger partial charge in [0, 0.05) is 23.7 Å². The fraction of sp³-hybridized carbons (Fsp3) is 0.300. The van der Waals surface area contributed by atoms with Crippen molar-refractivity contribution in [2.24, 2.45) is 5.92 Å². The maximum absolute atomic E-state index is 12.3. The molecule has 4 rings (SSSR count). The van der Waals surface area contributed by atoms with Crippen LogP contribution in [0.15, 0.2) is 48.8 Å². The van der Waals surface area contributed by atoms with Crippen LogP contribution in [0.2, 0.25) is 5.02 Å². The third-order valence-electron chi connectivity index (χ3n) is 4.93. The van der Waals surface area contributed by atoms with Crippen molar-refractivity contribution < 1.29 is 4.79 Å². The van der Waals surface area contributed by atoms with Crippen molar-refractivity contribution in [2.75, 3.05) is 6.54 Å². The Morgan fingerprint density at radius 2 is 2.00 bits per heavy atom. The van der Waals surface area contributed by atoms with E-state index in [-0.39, 0.29) is 5.91 Å². The molecular formula is C20H20ClN3O. The van der Waals surface area contributed by atoms with Crippen LogP contribution in [0.25, 0.3) is 11.0 Å². The second-order valence-corrected chi connectivity index (χ2v) is 7.15. The second kappa shape index (κ2) is 6.89. The molecule has 1 N–H and O–H groups in total. The molecule has 0 saturated heterocycles. The number of hydrogen-bond donors (Lipinski definition) is 1. The minimum absolute atomic E-state index is 0.0129. The smallest absolute Gasteiger partial charge is 0.251 e. The molecule has 0 atom stereocenters. The number of aromatic nitrogens is 2. The summed E-state index contributed by atoms with van der Waals surface area (Å²) in [5, 5.41) is 3.76. The highest BCUT2D eigenvalue weighted by atomic mass is 35.5. The van der Waals surface area contributed by atoms with Gasteiger partial charge in [-0.2, -0.15) is 0 Å². The molecular weight excluding hydrogens is 334 g/mol. The summed E-state index contributed by atoms with van der Waals surface area (Å²) >= 11 is 5.94. The van der Waals surface area contributed by atoms with E-state index in [4.69, 9.17) is 11.6 Å². The van der Waals surface area contributed by atoms with Crippen molar-refractivity contribution in [1.29, 1.82) is 0 Å². The van der Waals surface area contributed by atoms with E-state index in [2.05, 4.69) is 14.9 Å². The number of benzene rings is 2. The lowest BCUT2D eigenvalue weighted by molar-refractivity contribution is 0.0939. The maximum Gasteiger partial charge on any atom is 0.251 e. The first-order chi connectivity index (χ1) is 12.2. The Morgan fingerprint density at radius 1 is 1.20 bits per heavy atom. The molecule has 0 aliphatic heterocycles. The molecule has 0 bridgehead atoms.